The lowest BCUT2D eigenvalue weighted by Crippen LogP contribution is -2.58. The second-order valence-electron chi connectivity index (χ2n) is 9.43. The maximum absolute atomic E-state index is 5.62. The fraction of sp³-hybridized carbons (Fsp3) is 1.00. The number of ether oxygens (including phenoxy) is 1. The van der Waals surface area contributed by atoms with Gasteiger partial charge in [-0.2, -0.15) is 0 Å². The monoisotopic (exact) mass is 376 g/mol. The Hall–Kier alpha value is 0.531. The van der Waals surface area contributed by atoms with Crippen LogP contribution in [0, 0.1) is 0 Å². The van der Waals surface area contributed by atoms with E-state index in [1.54, 1.807) is 7.11 Å². The van der Waals surface area contributed by atoms with Gasteiger partial charge in [0.25, 0.3) is 0 Å². The van der Waals surface area contributed by atoms with Crippen molar-refractivity contribution in [3.63, 3.8) is 0 Å². The van der Waals surface area contributed by atoms with Gasteiger partial charge in [0.1, 0.15) is 16.5 Å². The van der Waals surface area contributed by atoms with E-state index in [2.05, 4.69) is 50.1 Å². The number of methoxy groups -OCH3 is 1. The van der Waals surface area contributed by atoms with Gasteiger partial charge < -0.3 is 14.7 Å². The largest absolute Gasteiger partial charge is 0.385 e. The minimum Gasteiger partial charge on any atom is -0.385 e. The van der Waals surface area contributed by atoms with E-state index < -0.39 is 24.5 Å². The van der Waals surface area contributed by atoms with E-state index in [-0.39, 0.29) is 0 Å². The number of nitrogens with zero attached hydrogens (tertiary/aromatic N) is 1. The number of hydrogen-bond donors (Lipinski definition) is 1. The minimum absolute atomic E-state index is 0.774. The standard InChI is InChI=1S/C10H26N2Si2.C7H18OSi/c1-13(2,9-5-7-11)12-8-6-10-14(12,3)4;1-8-6-5-7-9(2,3)4/h5-11H2,1-4H3;5-7H2,1-4H3. The van der Waals surface area contributed by atoms with Crippen molar-refractivity contribution in [2.24, 2.45) is 5.73 Å². The molecule has 0 saturated carbocycles. The summed E-state index contributed by atoms with van der Waals surface area (Å²) in [4.78, 5) is 0. The van der Waals surface area contributed by atoms with E-state index >= 15 is 0 Å². The summed E-state index contributed by atoms with van der Waals surface area (Å²) in [6.45, 7) is 20.5. The minimum atomic E-state index is -1.11. The smallest absolute Gasteiger partial charge is 0.115 e. The van der Waals surface area contributed by atoms with Crippen LogP contribution in [0.3, 0.4) is 0 Å². The number of nitrogens with two attached hydrogens (primary N) is 1. The third-order valence-electron chi connectivity index (χ3n) is 4.90. The molecule has 23 heavy (non-hydrogen) atoms. The highest BCUT2D eigenvalue weighted by atomic mass is 28.4. The second-order valence-corrected chi connectivity index (χ2v) is 24.8. The van der Waals surface area contributed by atoms with Crippen LogP contribution in [0.5, 0.6) is 0 Å². The SMILES string of the molecule is COCCC[Si](C)(C)C.C[Si](C)(CCCN)N1CCC[Si]1(C)C. The molecule has 0 atom stereocenters. The zero-order valence-corrected chi connectivity index (χ0v) is 20.3. The number of rotatable bonds is 8. The first-order valence-electron chi connectivity index (χ1n) is 9.43. The van der Waals surface area contributed by atoms with Crippen molar-refractivity contribution in [3.05, 3.63) is 0 Å². The molecule has 0 aromatic carbocycles. The van der Waals surface area contributed by atoms with E-state index in [0.717, 1.165) is 13.2 Å². The zero-order chi connectivity index (χ0) is 18.1. The molecule has 0 spiro atoms. The maximum atomic E-state index is 5.62. The first-order valence-corrected chi connectivity index (χ1v) is 19.4. The Morgan fingerprint density at radius 2 is 1.65 bits per heavy atom. The van der Waals surface area contributed by atoms with Crippen LogP contribution in [0.25, 0.3) is 0 Å². The summed E-state index contributed by atoms with van der Waals surface area (Å²) < 4.78 is 7.90. The average molecular weight is 377 g/mol. The summed E-state index contributed by atoms with van der Waals surface area (Å²) in [6.07, 6.45) is 3.91. The number of hydrogen-bond acceptors (Lipinski definition) is 3. The van der Waals surface area contributed by atoms with Gasteiger partial charge >= 0.3 is 0 Å². The zero-order valence-electron chi connectivity index (χ0n) is 17.3. The fourth-order valence-corrected chi connectivity index (χ4v) is 16.2. The van der Waals surface area contributed by atoms with Crippen molar-refractivity contribution in [1.29, 1.82) is 0 Å². The van der Waals surface area contributed by atoms with Gasteiger partial charge in [0.05, 0.1) is 0 Å². The van der Waals surface area contributed by atoms with Crippen LogP contribution in [0.1, 0.15) is 19.3 Å². The lowest BCUT2D eigenvalue weighted by Gasteiger charge is -2.42. The van der Waals surface area contributed by atoms with Crippen molar-refractivity contribution < 1.29 is 4.74 Å². The van der Waals surface area contributed by atoms with Gasteiger partial charge in [0, 0.05) is 21.8 Å². The van der Waals surface area contributed by atoms with Crippen LogP contribution >= 0.6 is 0 Å². The Morgan fingerprint density at radius 1 is 1.04 bits per heavy atom. The third kappa shape index (κ3) is 10.2. The lowest BCUT2D eigenvalue weighted by atomic mass is 10.5. The van der Waals surface area contributed by atoms with Crippen LogP contribution in [-0.2, 0) is 4.74 Å². The molecule has 2 N–H and O–H groups in total. The summed E-state index contributed by atoms with van der Waals surface area (Å²) in [6, 6.07) is 4.28. The predicted octanol–water partition coefficient (Wildman–Crippen LogP) is 4.81. The van der Waals surface area contributed by atoms with Crippen molar-refractivity contribution in [2.75, 3.05) is 26.8 Å². The molecule has 1 heterocycles. The summed E-state index contributed by atoms with van der Waals surface area (Å²) in [5.74, 6) is 0. The van der Waals surface area contributed by atoms with E-state index in [0.29, 0.717) is 0 Å². The molecule has 0 aromatic rings. The Bertz CT molecular complexity index is 317. The summed E-state index contributed by atoms with van der Waals surface area (Å²) in [5.41, 5.74) is 5.62. The molecule has 6 heteroatoms. The second kappa shape index (κ2) is 10.5. The summed E-state index contributed by atoms with van der Waals surface area (Å²) in [7, 11) is -1.12. The maximum Gasteiger partial charge on any atom is 0.115 e. The molecule has 0 amide bonds. The van der Waals surface area contributed by atoms with Gasteiger partial charge in [-0.25, -0.2) is 0 Å². The molecule has 0 bridgehead atoms. The van der Waals surface area contributed by atoms with Gasteiger partial charge in [-0.3, -0.25) is 0 Å². The van der Waals surface area contributed by atoms with Crippen molar-refractivity contribution in [3.8, 4) is 0 Å². The Kier molecular flexibility index (Phi) is 10.7. The van der Waals surface area contributed by atoms with E-state index in [1.165, 1.54) is 43.9 Å². The Labute approximate surface area is 149 Å². The van der Waals surface area contributed by atoms with Crippen molar-refractivity contribution in [2.45, 2.75) is 83.2 Å². The van der Waals surface area contributed by atoms with Crippen LogP contribution < -0.4 is 5.73 Å². The predicted molar refractivity (Wildman–Crippen MR) is 114 cm³/mol. The fourth-order valence-electron chi connectivity index (χ4n) is 3.65. The molecule has 0 aromatic heterocycles. The van der Waals surface area contributed by atoms with Gasteiger partial charge in [-0.05, 0) is 44.4 Å². The molecule has 1 rings (SSSR count). The Morgan fingerprint density at radius 3 is 2.04 bits per heavy atom. The molecular formula is C17H44N2OSi3. The van der Waals surface area contributed by atoms with Gasteiger partial charge in [-0.15, -0.1) is 0 Å². The lowest BCUT2D eigenvalue weighted by molar-refractivity contribution is 0.199. The molecule has 0 unspecified atom stereocenters. The van der Waals surface area contributed by atoms with Gasteiger partial charge in [0.15, 0.2) is 0 Å². The molecule has 140 valence electrons. The topological polar surface area (TPSA) is 38.5 Å². The van der Waals surface area contributed by atoms with E-state index in [9.17, 15) is 0 Å². The quantitative estimate of drug-likeness (QED) is 0.488. The Balaban J connectivity index is 0.000000468. The average Bonchev–Trinajstić information content (AvgIpc) is 2.77. The van der Waals surface area contributed by atoms with Crippen LogP contribution in [0.15, 0.2) is 0 Å². The highest BCUT2D eigenvalue weighted by Crippen LogP contribution is 2.32. The molecule has 0 aliphatic carbocycles. The molecule has 1 fully saturated rings. The first kappa shape index (κ1) is 23.5. The van der Waals surface area contributed by atoms with Crippen molar-refractivity contribution >= 4 is 24.5 Å². The molecule has 1 saturated heterocycles. The third-order valence-corrected chi connectivity index (χ3v) is 16.9. The summed E-state index contributed by atoms with van der Waals surface area (Å²) in [5, 5.41) is 0. The van der Waals surface area contributed by atoms with Crippen molar-refractivity contribution in [1.82, 2.24) is 4.23 Å². The highest BCUT2D eigenvalue weighted by molar-refractivity contribution is 6.91. The van der Waals surface area contributed by atoms with E-state index in [1.807, 2.05) is 0 Å². The van der Waals surface area contributed by atoms with Crippen LogP contribution in [-0.4, -0.2) is 55.6 Å². The van der Waals surface area contributed by atoms with Gasteiger partial charge in [-0.1, -0.05) is 51.9 Å². The molecule has 1 aliphatic rings. The van der Waals surface area contributed by atoms with E-state index in [4.69, 9.17) is 10.5 Å². The highest BCUT2D eigenvalue weighted by Gasteiger charge is 2.42. The van der Waals surface area contributed by atoms with Crippen LogP contribution in [0.2, 0.25) is 64.0 Å². The van der Waals surface area contributed by atoms with Crippen LogP contribution in [0.4, 0.5) is 0 Å². The molecular weight excluding hydrogens is 332 g/mol. The molecule has 1 aliphatic heterocycles. The van der Waals surface area contributed by atoms with Gasteiger partial charge in [0.2, 0.25) is 0 Å². The summed E-state index contributed by atoms with van der Waals surface area (Å²) >= 11 is 0. The molecule has 3 nitrogen and oxygen atoms in total. The normalized spacial score (nSPS) is 18.7. The molecule has 0 radical (unpaired) electrons. The first-order chi connectivity index (χ1) is 10.5.